The minimum Gasteiger partial charge on any atom is -0.497 e. The number of hydrogen-bond acceptors (Lipinski definition) is 5. The van der Waals surface area contributed by atoms with Gasteiger partial charge in [0.2, 0.25) is 5.91 Å². The van der Waals surface area contributed by atoms with Crippen LogP contribution in [0.2, 0.25) is 0 Å². The molecule has 1 amide bonds. The average molecular weight is 413 g/mol. The predicted octanol–water partition coefficient (Wildman–Crippen LogP) is 3.81. The summed E-state index contributed by atoms with van der Waals surface area (Å²) in [6.45, 7) is 3.98. The summed E-state index contributed by atoms with van der Waals surface area (Å²) in [5, 5.41) is 10.1. The van der Waals surface area contributed by atoms with Crippen molar-refractivity contribution in [3.05, 3.63) is 58.4 Å². The van der Waals surface area contributed by atoms with E-state index >= 15 is 0 Å². The van der Waals surface area contributed by atoms with Gasteiger partial charge in [0.15, 0.2) is 10.6 Å². The summed E-state index contributed by atoms with van der Waals surface area (Å²) in [4.78, 5) is 12.7. The van der Waals surface area contributed by atoms with Gasteiger partial charge in [0.25, 0.3) is 0 Å². The molecule has 1 atom stereocenters. The Bertz CT molecular complexity index is 1060. The van der Waals surface area contributed by atoms with Gasteiger partial charge in [-0.3, -0.25) is 14.5 Å². The Labute approximate surface area is 174 Å². The van der Waals surface area contributed by atoms with Gasteiger partial charge in [-0.05, 0) is 56.4 Å². The molecule has 1 heterocycles. The lowest BCUT2D eigenvalue weighted by Crippen LogP contribution is -2.30. The first-order valence-electron chi connectivity index (χ1n) is 9.16. The number of methoxy groups -OCH3 is 2. The number of aryl methyl sites for hydroxylation is 1. The molecule has 152 valence electrons. The molecular weight excluding hydrogens is 388 g/mol. The first-order valence-corrected chi connectivity index (χ1v) is 9.57. The lowest BCUT2D eigenvalue weighted by Gasteiger charge is -2.18. The zero-order valence-corrected chi connectivity index (χ0v) is 17.7. The lowest BCUT2D eigenvalue weighted by atomic mass is 10.0. The number of carbonyl (C=O) groups excluding carboxylic acids is 1. The number of H-pyrrole nitrogens is 1. The number of hydrogen-bond donors (Lipinski definition) is 2. The molecule has 7 nitrogen and oxygen atoms in total. The normalized spacial score (nSPS) is 11.7. The number of ether oxygens (including phenoxy) is 2. The summed E-state index contributed by atoms with van der Waals surface area (Å²) >= 11 is 5.32. The molecule has 3 rings (SSSR count). The molecular formula is C21H24N4O3S. The predicted molar refractivity (Wildman–Crippen MR) is 114 cm³/mol. The molecule has 3 aromatic rings. The van der Waals surface area contributed by atoms with Crippen LogP contribution in [0.4, 0.5) is 0 Å². The molecule has 0 unspecified atom stereocenters. The van der Waals surface area contributed by atoms with Crippen molar-refractivity contribution in [1.29, 1.82) is 0 Å². The van der Waals surface area contributed by atoms with Gasteiger partial charge in [-0.1, -0.05) is 17.7 Å². The SMILES string of the molecule is COc1ccc(-c2n[nH]c(=S)n2CC(=O)N[C@H](C)c2cc(C)ccc2OC)cc1. The second-order valence-corrected chi connectivity index (χ2v) is 7.09. The number of nitrogens with zero attached hydrogens (tertiary/aromatic N) is 2. The van der Waals surface area contributed by atoms with E-state index in [9.17, 15) is 4.79 Å². The third-order valence-corrected chi connectivity index (χ3v) is 4.95. The number of aromatic amines is 1. The molecule has 0 saturated carbocycles. The molecule has 0 spiro atoms. The van der Waals surface area contributed by atoms with Crippen LogP contribution in [0.5, 0.6) is 11.5 Å². The van der Waals surface area contributed by atoms with Crippen molar-refractivity contribution in [2.24, 2.45) is 0 Å². The van der Waals surface area contributed by atoms with E-state index in [4.69, 9.17) is 21.7 Å². The number of amides is 1. The minimum absolute atomic E-state index is 0.0508. The Balaban J connectivity index is 1.78. The van der Waals surface area contributed by atoms with E-state index in [1.807, 2.05) is 56.3 Å². The molecule has 0 saturated heterocycles. The van der Waals surface area contributed by atoms with Gasteiger partial charge < -0.3 is 14.8 Å². The highest BCUT2D eigenvalue weighted by Crippen LogP contribution is 2.26. The topological polar surface area (TPSA) is 81.2 Å². The summed E-state index contributed by atoms with van der Waals surface area (Å²) in [6, 6.07) is 13.1. The standard InChI is InChI=1S/C21H24N4O3S/c1-13-5-10-18(28-4)17(11-13)14(2)22-19(26)12-25-20(23-24-21(25)29)15-6-8-16(27-3)9-7-15/h5-11,14H,12H2,1-4H3,(H,22,26)(H,24,29)/t14-/m1/s1. The molecule has 0 aliphatic carbocycles. The maximum atomic E-state index is 12.7. The largest absolute Gasteiger partial charge is 0.497 e. The maximum absolute atomic E-state index is 12.7. The Morgan fingerprint density at radius 2 is 1.93 bits per heavy atom. The number of carbonyl (C=O) groups is 1. The van der Waals surface area contributed by atoms with Crippen LogP contribution in [-0.4, -0.2) is 34.9 Å². The Morgan fingerprint density at radius 3 is 2.59 bits per heavy atom. The Morgan fingerprint density at radius 1 is 1.21 bits per heavy atom. The van der Waals surface area contributed by atoms with Gasteiger partial charge in [0.05, 0.1) is 20.3 Å². The summed E-state index contributed by atoms with van der Waals surface area (Å²) in [6.07, 6.45) is 0. The highest BCUT2D eigenvalue weighted by Gasteiger charge is 2.17. The molecule has 0 radical (unpaired) electrons. The molecule has 0 bridgehead atoms. The van der Waals surface area contributed by atoms with E-state index in [1.54, 1.807) is 18.8 Å². The third-order valence-electron chi connectivity index (χ3n) is 4.64. The molecule has 0 aliphatic rings. The van der Waals surface area contributed by atoms with Gasteiger partial charge in [-0.15, -0.1) is 0 Å². The van der Waals surface area contributed by atoms with Crippen LogP contribution in [0, 0.1) is 11.7 Å². The van der Waals surface area contributed by atoms with Crippen molar-refractivity contribution in [3.63, 3.8) is 0 Å². The monoisotopic (exact) mass is 412 g/mol. The number of rotatable bonds is 7. The van der Waals surface area contributed by atoms with Crippen molar-refractivity contribution < 1.29 is 14.3 Å². The Kier molecular flexibility index (Phi) is 6.33. The van der Waals surface area contributed by atoms with Gasteiger partial charge in [0, 0.05) is 11.1 Å². The van der Waals surface area contributed by atoms with Crippen molar-refractivity contribution in [3.8, 4) is 22.9 Å². The van der Waals surface area contributed by atoms with Crippen LogP contribution in [0.3, 0.4) is 0 Å². The van der Waals surface area contributed by atoms with E-state index in [2.05, 4.69) is 15.5 Å². The van der Waals surface area contributed by atoms with Crippen LogP contribution < -0.4 is 14.8 Å². The fraction of sp³-hybridized carbons (Fsp3) is 0.286. The zero-order valence-electron chi connectivity index (χ0n) is 16.9. The summed E-state index contributed by atoms with van der Waals surface area (Å²) in [5.74, 6) is 1.90. The number of nitrogens with one attached hydrogen (secondary N) is 2. The zero-order chi connectivity index (χ0) is 21.0. The first kappa shape index (κ1) is 20.6. The van der Waals surface area contributed by atoms with E-state index < -0.39 is 0 Å². The number of aromatic nitrogens is 3. The fourth-order valence-corrected chi connectivity index (χ4v) is 3.32. The van der Waals surface area contributed by atoms with Crippen molar-refractivity contribution >= 4 is 18.1 Å². The highest BCUT2D eigenvalue weighted by molar-refractivity contribution is 7.71. The van der Waals surface area contributed by atoms with Gasteiger partial charge in [-0.2, -0.15) is 5.10 Å². The third kappa shape index (κ3) is 4.65. The molecule has 1 aromatic heterocycles. The Hall–Kier alpha value is -3.13. The van der Waals surface area contributed by atoms with Gasteiger partial charge in [-0.25, -0.2) is 0 Å². The van der Waals surface area contributed by atoms with E-state index in [-0.39, 0.29) is 18.5 Å². The fourth-order valence-electron chi connectivity index (χ4n) is 3.13. The number of benzene rings is 2. The molecule has 0 fully saturated rings. The quantitative estimate of drug-likeness (QED) is 0.577. The molecule has 8 heteroatoms. The second-order valence-electron chi connectivity index (χ2n) is 6.70. The second kappa shape index (κ2) is 8.91. The van der Waals surface area contributed by atoms with Crippen LogP contribution >= 0.6 is 12.2 Å². The van der Waals surface area contributed by atoms with Crippen molar-refractivity contribution in [2.45, 2.75) is 26.4 Å². The van der Waals surface area contributed by atoms with E-state index in [1.165, 1.54) is 0 Å². The van der Waals surface area contributed by atoms with Crippen molar-refractivity contribution in [2.75, 3.05) is 14.2 Å². The van der Waals surface area contributed by atoms with Crippen LogP contribution in [0.1, 0.15) is 24.1 Å². The summed E-state index contributed by atoms with van der Waals surface area (Å²) in [5.41, 5.74) is 2.85. The van der Waals surface area contributed by atoms with Crippen molar-refractivity contribution in [1.82, 2.24) is 20.1 Å². The summed E-state index contributed by atoms with van der Waals surface area (Å²) in [7, 11) is 3.23. The molecule has 0 aliphatic heterocycles. The highest BCUT2D eigenvalue weighted by atomic mass is 32.1. The molecule has 29 heavy (non-hydrogen) atoms. The van der Waals surface area contributed by atoms with E-state index in [0.29, 0.717) is 10.6 Å². The van der Waals surface area contributed by atoms with Gasteiger partial charge in [0.1, 0.15) is 18.0 Å². The first-order chi connectivity index (χ1) is 13.9. The molecule has 2 aromatic carbocycles. The van der Waals surface area contributed by atoms with Crippen LogP contribution in [-0.2, 0) is 11.3 Å². The maximum Gasteiger partial charge on any atom is 0.240 e. The van der Waals surface area contributed by atoms with E-state index in [0.717, 1.165) is 28.2 Å². The van der Waals surface area contributed by atoms with Crippen LogP contribution in [0.25, 0.3) is 11.4 Å². The average Bonchev–Trinajstić information content (AvgIpc) is 3.08. The van der Waals surface area contributed by atoms with Crippen LogP contribution in [0.15, 0.2) is 42.5 Å². The van der Waals surface area contributed by atoms with Gasteiger partial charge >= 0.3 is 0 Å². The molecule has 2 N–H and O–H groups in total. The lowest BCUT2D eigenvalue weighted by molar-refractivity contribution is -0.122. The summed E-state index contributed by atoms with van der Waals surface area (Å²) < 4.78 is 12.7. The minimum atomic E-state index is -0.220. The smallest absolute Gasteiger partial charge is 0.240 e.